The summed E-state index contributed by atoms with van der Waals surface area (Å²) in [5.41, 5.74) is 5.21. The minimum absolute atomic E-state index is 0.278. The molecule has 118 valence electrons. The summed E-state index contributed by atoms with van der Waals surface area (Å²) in [6.07, 6.45) is 5.55. The first kappa shape index (κ1) is 17.4. The lowest BCUT2D eigenvalue weighted by Gasteiger charge is -2.26. The first-order valence-electron chi connectivity index (χ1n) is 8.07. The van der Waals surface area contributed by atoms with Crippen LogP contribution in [0.15, 0.2) is 0 Å². The molecular weight excluding hydrogens is 252 g/mol. The third-order valence-electron chi connectivity index (χ3n) is 3.94. The van der Waals surface area contributed by atoms with Crippen LogP contribution in [0.4, 0.5) is 0 Å². The third-order valence-corrected chi connectivity index (χ3v) is 3.94. The molecule has 1 fully saturated rings. The topological polar surface area (TPSA) is 55.6 Å². The summed E-state index contributed by atoms with van der Waals surface area (Å²) >= 11 is 0. The van der Waals surface area contributed by atoms with Crippen LogP contribution in [0.2, 0.25) is 0 Å². The van der Waals surface area contributed by atoms with E-state index in [2.05, 4.69) is 18.7 Å². The molecule has 0 aromatic rings. The van der Waals surface area contributed by atoms with Gasteiger partial charge < -0.3 is 15.4 Å². The van der Waals surface area contributed by atoms with E-state index < -0.39 is 5.54 Å². The highest BCUT2D eigenvalue weighted by Crippen LogP contribution is 2.28. The Bertz CT molecular complexity index is 299. The second kappa shape index (κ2) is 7.99. The molecule has 1 rings (SSSR count). The third kappa shape index (κ3) is 6.23. The van der Waals surface area contributed by atoms with E-state index in [1.165, 1.54) is 25.8 Å². The first-order chi connectivity index (χ1) is 9.36. The highest BCUT2D eigenvalue weighted by Gasteiger charge is 2.31. The summed E-state index contributed by atoms with van der Waals surface area (Å²) in [6, 6.07) is 0.778. The maximum atomic E-state index is 11.7. The van der Waals surface area contributed by atoms with Gasteiger partial charge in [0.2, 0.25) is 0 Å². The lowest BCUT2D eigenvalue weighted by atomic mass is 9.97. The zero-order chi connectivity index (χ0) is 15.2. The van der Waals surface area contributed by atoms with Crippen LogP contribution < -0.4 is 5.73 Å². The van der Waals surface area contributed by atoms with E-state index in [0.29, 0.717) is 13.0 Å². The summed E-state index contributed by atoms with van der Waals surface area (Å²) in [5.74, 6) is 0.468. The molecule has 0 bridgehead atoms. The van der Waals surface area contributed by atoms with Crippen LogP contribution in [0.5, 0.6) is 0 Å². The van der Waals surface area contributed by atoms with Crippen LogP contribution >= 0.6 is 0 Å². The molecule has 0 aromatic carbocycles. The standard InChI is InChI=1S/C16H32N2O2/c1-5-20-15(19)16(4,17)10-6-11-18(14-7-8-14)12-9-13(2)3/h13-14H,5-12,17H2,1-4H3. The van der Waals surface area contributed by atoms with Gasteiger partial charge in [0.15, 0.2) is 0 Å². The maximum Gasteiger partial charge on any atom is 0.325 e. The van der Waals surface area contributed by atoms with E-state index in [9.17, 15) is 4.79 Å². The Kier molecular flexibility index (Phi) is 6.96. The smallest absolute Gasteiger partial charge is 0.325 e. The molecule has 2 N–H and O–H groups in total. The molecule has 1 unspecified atom stereocenters. The monoisotopic (exact) mass is 284 g/mol. The molecule has 4 heteroatoms. The molecule has 1 aliphatic carbocycles. The summed E-state index contributed by atoms with van der Waals surface area (Å²) in [7, 11) is 0. The fourth-order valence-corrected chi connectivity index (χ4v) is 2.39. The van der Waals surface area contributed by atoms with Crippen molar-refractivity contribution in [1.82, 2.24) is 4.90 Å². The number of nitrogens with two attached hydrogens (primary N) is 1. The Morgan fingerprint density at radius 2 is 2.05 bits per heavy atom. The van der Waals surface area contributed by atoms with Gasteiger partial charge in [-0.25, -0.2) is 0 Å². The number of esters is 1. The molecule has 20 heavy (non-hydrogen) atoms. The summed E-state index contributed by atoms with van der Waals surface area (Å²) < 4.78 is 5.03. The van der Waals surface area contributed by atoms with Gasteiger partial charge in [0.1, 0.15) is 5.54 Å². The van der Waals surface area contributed by atoms with Crippen LogP contribution in [0, 0.1) is 5.92 Å². The predicted molar refractivity (Wildman–Crippen MR) is 82.5 cm³/mol. The quantitative estimate of drug-likeness (QED) is 0.626. The predicted octanol–water partition coefficient (Wildman–Crippen LogP) is 2.56. The minimum atomic E-state index is -0.844. The van der Waals surface area contributed by atoms with E-state index in [4.69, 9.17) is 10.5 Å². The molecule has 0 radical (unpaired) electrons. The lowest BCUT2D eigenvalue weighted by Crippen LogP contribution is -2.46. The van der Waals surface area contributed by atoms with E-state index in [1.807, 2.05) is 6.92 Å². The van der Waals surface area contributed by atoms with Crippen molar-refractivity contribution >= 4 is 5.97 Å². The molecule has 1 atom stereocenters. The van der Waals surface area contributed by atoms with E-state index in [0.717, 1.165) is 24.9 Å². The van der Waals surface area contributed by atoms with Crippen molar-refractivity contribution in [2.45, 2.75) is 71.4 Å². The second-order valence-corrected chi connectivity index (χ2v) is 6.69. The van der Waals surface area contributed by atoms with Gasteiger partial charge in [-0.05, 0) is 65.0 Å². The number of carbonyl (C=O) groups excluding carboxylic acids is 1. The van der Waals surface area contributed by atoms with Crippen LogP contribution in [0.1, 0.15) is 59.8 Å². The second-order valence-electron chi connectivity index (χ2n) is 6.69. The average Bonchev–Trinajstić information content (AvgIpc) is 3.17. The molecule has 0 aromatic heterocycles. The summed E-state index contributed by atoms with van der Waals surface area (Å²) in [5, 5.41) is 0. The number of carbonyl (C=O) groups is 1. The van der Waals surface area contributed by atoms with E-state index in [1.54, 1.807) is 6.92 Å². The lowest BCUT2D eigenvalue weighted by molar-refractivity contribution is -0.149. The number of nitrogens with zero attached hydrogens (tertiary/aromatic N) is 1. The van der Waals surface area contributed by atoms with Gasteiger partial charge in [0.25, 0.3) is 0 Å². The normalized spacial score (nSPS) is 18.4. The first-order valence-corrected chi connectivity index (χ1v) is 8.07. The van der Waals surface area contributed by atoms with Gasteiger partial charge in [-0.2, -0.15) is 0 Å². The highest BCUT2D eigenvalue weighted by atomic mass is 16.5. The fraction of sp³-hybridized carbons (Fsp3) is 0.938. The molecule has 1 aliphatic rings. The molecular formula is C16H32N2O2. The van der Waals surface area contributed by atoms with Crippen molar-refractivity contribution in [1.29, 1.82) is 0 Å². The average molecular weight is 284 g/mol. The SMILES string of the molecule is CCOC(=O)C(C)(N)CCCN(CCC(C)C)C1CC1. The Morgan fingerprint density at radius 3 is 2.55 bits per heavy atom. The number of rotatable bonds is 10. The van der Waals surface area contributed by atoms with Gasteiger partial charge in [-0.1, -0.05) is 13.8 Å². The Hall–Kier alpha value is -0.610. The summed E-state index contributed by atoms with van der Waals surface area (Å²) in [6.45, 7) is 10.7. The van der Waals surface area contributed by atoms with Crippen molar-refractivity contribution in [3.63, 3.8) is 0 Å². The molecule has 0 saturated heterocycles. The van der Waals surface area contributed by atoms with Crippen LogP contribution in [0.25, 0.3) is 0 Å². The number of hydrogen-bond acceptors (Lipinski definition) is 4. The van der Waals surface area contributed by atoms with Crippen molar-refractivity contribution in [3.8, 4) is 0 Å². The molecule has 1 saturated carbocycles. The Balaban J connectivity index is 2.30. The Labute approximate surface area is 124 Å². The molecule has 0 spiro atoms. The summed E-state index contributed by atoms with van der Waals surface area (Å²) in [4.78, 5) is 14.3. The largest absolute Gasteiger partial charge is 0.465 e. The fourth-order valence-electron chi connectivity index (χ4n) is 2.39. The van der Waals surface area contributed by atoms with Crippen LogP contribution in [-0.4, -0.2) is 42.1 Å². The molecule has 0 amide bonds. The van der Waals surface area contributed by atoms with Gasteiger partial charge in [0, 0.05) is 6.04 Å². The Morgan fingerprint density at radius 1 is 1.40 bits per heavy atom. The van der Waals surface area contributed by atoms with E-state index >= 15 is 0 Å². The van der Waals surface area contributed by atoms with Crippen molar-refractivity contribution in [2.24, 2.45) is 11.7 Å². The van der Waals surface area contributed by atoms with Crippen molar-refractivity contribution in [3.05, 3.63) is 0 Å². The molecule has 0 aliphatic heterocycles. The van der Waals surface area contributed by atoms with Crippen molar-refractivity contribution in [2.75, 3.05) is 19.7 Å². The molecule has 4 nitrogen and oxygen atoms in total. The van der Waals surface area contributed by atoms with Gasteiger partial charge in [-0.15, -0.1) is 0 Å². The maximum absolute atomic E-state index is 11.7. The van der Waals surface area contributed by atoms with Crippen LogP contribution in [0.3, 0.4) is 0 Å². The van der Waals surface area contributed by atoms with Gasteiger partial charge in [-0.3, -0.25) is 4.79 Å². The van der Waals surface area contributed by atoms with Crippen LogP contribution in [-0.2, 0) is 9.53 Å². The molecule has 0 heterocycles. The number of hydrogen-bond donors (Lipinski definition) is 1. The van der Waals surface area contributed by atoms with Gasteiger partial charge in [0.05, 0.1) is 6.61 Å². The van der Waals surface area contributed by atoms with E-state index in [-0.39, 0.29) is 5.97 Å². The zero-order valence-electron chi connectivity index (χ0n) is 13.7. The minimum Gasteiger partial charge on any atom is -0.465 e. The highest BCUT2D eigenvalue weighted by molar-refractivity contribution is 5.79. The zero-order valence-corrected chi connectivity index (χ0v) is 13.7. The number of ether oxygens (including phenoxy) is 1. The van der Waals surface area contributed by atoms with Crippen molar-refractivity contribution < 1.29 is 9.53 Å². The van der Waals surface area contributed by atoms with Gasteiger partial charge >= 0.3 is 5.97 Å².